The largest absolute Gasteiger partial charge is 0.384 e. The number of aliphatic imine (C=N–C) groups is 1. The van der Waals surface area contributed by atoms with Crippen molar-refractivity contribution in [1.29, 1.82) is 0 Å². The normalized spacial score (nSPS) is 11.3. The van der Waals surface area contributed by atoms with Gasteiger partial charge >= 0.3 is 5.96 Å². The molecule has 0 spiro atoms. The second-order valence-corrected chi connectivity index (χ2v) is 3.42. The molecule has 9 heavy (non-hydrogen) atoms. The standard InChI is InChI=1S/C5H10IN3/c1-4(6)8-5(7)9(2)3/h7H,1-3H3/p+1. The molecule has 0 saturated heterocycles. The zero-order valence-electron chi connectivity index (χ0n) is 5.85. The molecule has 0 aliphatic rings. The van der Waals surface area contributed by atoms with Crippen LogP contribution < -0.4 is 5.73 Å². The van der Waals surface area contributed by atoms with E-state index < -0.39 is 0 Å². The molecule has 2 N–H and O–H groups in total. The Balaban J connectivity index is 4.25. The van der Waals surface area contributed by atoms with Gasteiger partial charge in [0.15, 0.2) is 3.72 Å². The molecule has 0 aliphatic carbocycles. The van der Waals surface area contributed by atoms with Crippen molar-refractivity contribution in [3.8, 4) is 0 Å². The fourth-order valence-corrected chi connectivity index (χ4v) is 0.505. The van der Waals surface area contributed by atoms with Crippen molar-refractivity contribution in [3.63, 3.8) is 0 Å². The van der Waals surface area contributed by atoms with Crippen molar-refractivity contribution in [1.82, 2.24) is 0 Å². The van der Waals surface area contributed by atoms with Gasteiger partial charge in [-0.1, -0.05) is 4.99 Å². The molecule has 0 fully saturated rings. The van der Waals surface area contributed by atoms with Crippen molar-refractivity contribution in [2.45, 2.75) is 6.92 Å². The van der Waals surface area contributed by atoms with E-state index in [0.717, 1.165) is 3.72 Å². The lowest BCUT2D eigenvalue weighted by Crippen LogP contribution is -2.20. The van der Waals surface area contributed by atoms with Gasteiger partial charge in [0.25, 0.3) is 0 Å². The highest BCUT2D eigenvalue weighted by atomic mass is 127. The highest BCUT2D eigenvalue weighted by Gasteiger charge is 1.97. The Morgan fingerprint density at radius 2 is 2.00 bits per heavy atom. The lowest BCUT2D eigenvalue weighted by atomic mass is 10.8. The quantitative estimate of drug-likeness (QED) is 0.283. The van der Waals surface area contributed by atoms with Gasteiger partial charge in [0.1, 0.15) is 0 Å². The molecule has 0 unspecified atom stereocenters. The van der Waals surface area contributed by atoms with Crippen LogP contribution >= 0.6 is 22.6 Å². The lowest BCUT2D eigenvalue weighted by Gasteiger charge is -1.88. The number of halogens is 1. The molecule has 0 aromatic heterocycles. The smallest absolute Gasteiger partial charge is 0.288 e. The molecule has 0 atom stereocenters. The predicted molar refractivity (Wildman–Crippen MR) is 48.4 cm³/mol. The summed E-state index contributed by atoms with van der Waals surface area (Å²) in [6, 6.07) is 0. The maximum absolute atomic E-state index is 5.47. The Labute approximate surface area is 68.8 Å². The lowest BCUT2D eigenvalue weighted by molar-refractivity contribution is -0.466. The number of hydrogen-bond acceptors (Lipinski definition) is 0. The van der Waals surface area contributed by atoms with Crippen molar-refractivity contribution >= 4 is 32.3 Å². The molecule has 52 valence electrons. The summed E-state index contributed by atoms with van der Waals surface area (Å²) in [5, 5.41) is 0. The van der Waals surface area contributed by atoms with Crippen LogP contribution in [0.3, 0.4) is 0 Å². The zero-order chi connectivity index (χ0) is 7.44. The molecule has 0 aliphatic heterocycles. The molecule has 3 nitrogen and oxygen atoms in total. The molecule has 0 saturated carbocycles. The maximum Gasteiger partial charge on any atom is 0.384 e. The fourth-order valence-electron chi connectivity index (χ4n) is 0.258. The van der Waals surface area contributed by atoms with Crippen LogP contribution in [0.4, 0.5) is 0 Å². The summed E-state index contributed by atoms with van der Waals surface area (Å²) in [6.07, 6.45) is 0. The second-order valence-electron chi connectivity index (χ2n) is 1.86. The van der Waals surface area contributed by atoms with E-state index in [-0.39, 0.29) is 0 Å². The molecule has 0 rings (SSSR count). The zero-order valence-corrected chi connectivity index (χ0v) is 8.01. The Bertz CT molecular complexity index is 152. The van der Waals surface area contributed by atoms with Gasteiger partial charge in [0.2, 0.25) is 0 Å². The van der Waals surface area contributed by atoms with Crippen LogP contribution in [0.5, 0.6) is 0 Å². The third kappa shape index (κ3) is 4.38. The maximum atomic E-state index is 5.47. The van der Waals surface area contributed by atoms with Crippen molar-refractivity contribution < 1.29 is 4.58 Å². The summed E-state index contributed by atoms with van der Waals surface area (Å²) in [7, 11) is 3.72. The molecule has 0 aromatic rings. The summed E-state index contributed by atoms with van der Waals surface area (Å²) in [5.74, 6) is 0.543. The molecular formula is C5H11IN3+. The number of guanidine groups is 1. The summed E-state index contributed by atoms with van der Waals surface area (Å²) >= 11 is 2.11. The van der Waals surface area contributed by atoms with E-state index >= 15 is 0 Å². The third-order valence-corrected chi connectivity index (χ3v) is 0.968. The fraction of sp³-hybridized carbons (Fsp3) is 0.600. The number of nitrogens with zero attached hydrogens (tertiary/aromatic N) is 2. The van der Waals surface area contributed by atoms with Gasteiger partial charge in [-0.15, -0.1) is 0 Å². The van der Waals surface area contributed by atoms with E-state index in [1.54, 1.807) is 4.58 Å². The van der Waals surface area contributed by atoms with Crippen LogP contribution in [-0.2, 0) is 0 Å². The van der Waals surface area contributed by atoms with E-state index in [1.807, 2.05) is 21.0 Å². The van der Waals surface area contributed by atoms with Gasteiger partial charge in [-0.2, -0.15) is 0 Å². The van der Waals surface area contributed by atoms with Crippen molar-refractivity contribution in [3.05, 3.63) is 0 Å². The van der Waals surface area contributed by atoms with Crippen LogP contribution in [0, 0.1) is 0 Å². The minimum atomic E-state index is 0.543. The van der Waals surface area contributed by atoms with Crippen LogP contribution in [0.1, 0.15) is 6.92 Å². The Morgan fingerprint density at radius 1 is 1.56 bits per heavy atom. The van der Waals surface area contributed by atoms with Crippen LogP contribution in [0.25, 0.3) is 0 Å². The third-order valence-electron chi connectivity index (χ3n) is 0.727. The number of rotatable bonds is 0. The molecule has 0 amide bonds. The van der Waals surface area contributed by atoms with E-state index in [1.165, 1.54) is 0 Å². The average Bonchev–Trinajstić information content (AvgIpc) is 1.63. The van der Waals surface area contributed by atoms with E-state index in [2.05, 4.69) is 27.6 Å². The Kier molecular flexibility index (Phi) is 3.76. The molecule has 0 radical (unpaired) electrons. The first-order chi connectivity index (χ1) is 4.04. The second kappa shape index (κ2) is 3.81. The van der Waals surface area contributed by atoms with Gasteiger partial charge in [0.05, 0.1) is 14.1 Å². The van der Waals surface area contributed by atoms with Gasteiger partial charge in [-0.3, -0.25) is 10.3 Å². The predicted octanol–water partition coefficient (Wildman–Crippen LogP) is 0.427. The first-order valence-electron chi connectivity index (χ1n) is 2.54. The summed E-state index contributed by atoms with van der Waals surface area (Å²) in [5.41, 5.74) is 5.47. The molecule has 0 aromatic carbocycles. The topological polar surface area (TPSA) is 41.4 Å². The molecular weight excluding hydrogens is 229 g/mol. The summed E-state index contributed by atoms with van der Waals surface area (Å²) in [4.78, 5) is 4.00. The summed E-state index contributed by atoms with van der Waals surface area (Å²) in [6.45, 7) is 1.90. The number of hydrogen-bond donors (Lipinski definition) is 1. The minimum absolute atomic E-state index is 0.543. The van der Waals surface area contributed by atoms with Gasteiger partial charge in [0, 0.05) is 0 Å². The average molecular weight is 240 g/mol. The molecule has 0 heterocycles. The van der Waals surface area contributed by atoms with Gasteiger partial charge < -0.3 is 0 Å². The minimum Gasteiger partial charge on any atom is -0.288 e. The van der Waals surface area contributed by atoms with Crippen LogP contribution in [-0.4, -0.2) is 28.3 Å². The van der Waals surface area contributed by atoms with E-state index in [0.29, 0.717) is 5.96 Å². The van der Waals surface area contributed by atoms with Crippen molar-refractivity contribution in [2.24, 2.45) is 10.7 Å². The van der Waals surface area contributed by atoms with Crippen molar-refractivity contribution in [2.75, 3.05) is 14.1 Å². The highest BCUT2D eigenvalue weighted by molar-refractivity contribution is 14.1. The monoisotopic (exact) mass is 240 g/mol. The highest BCUT2D eigenvalue weighted by Crippen LogP contribution is 1.86. The van der Waals surface area contributed by atoms with Crippen LogP contribution in [0.15, 0.2) is 4.99 Å². The van der Waals surface area contributed by atoms with E-state index in [4.69, 9.17) is 5.73 Å². The summed E-state index contributed by atoms with van der Waals surface area (Å²) < 4.78 is 2.71. The Morgan fingerprint density at radius 3 is 2.11 bits per heavy atom. The first-order valence-corrected chi connectivity index (χ1v) is 3.62. The van der Waals surface area contributed by atoms with Gasteiger partial charge in [-0.25, -0.2) is 0 Å². The Hall–Kier alpha value is -0.130. The number of nitrogens with two attached hydrogens (primary N) is 1. The molecule has 4 heteroatoms. The van der Waals surface area contributed by atoms with Gasteiger partial charge in [-0.05, 0) is 29.5 Å². The van der Waals surface area contributed by atoms with E-state index in [9.17, 15) is 0 Å². The first kappa shape index (κ1) is 8.87. The van der Waals surface area contributed by atoms with Crippen LogP contribution in [0.2, 0.25) is 0 Å². The SMILES string of the molecule is CC(I)=NC(N)=[N+](C)C. The molecule has 0 bridgehead atoms.